The number of nitrogens with one attached hydrogen (secondary N) is 1. The monoisotopic (exact) mass is 280 g/mol. The highest BCUT2D eigenvalue weighted by molar-refractivity contribution is 5.90. The first kappa shape index (κ1) is 15.5. The van der Waals surface area contributed by atoms with Gasteiger partial charge in [-0.3, -0.25) is 14.4 Å². The summed E-state index contributed by atoms with van der Waals surface area (Å²) < 4.78 is 5.07. The van der Waals surface area contributed by atoms with E-state index in [1.807, 2.05) is 0 Å². The van der Waals surface area contributed by atoms with Gasteiger partial charge in [0, 0.05) is 18.5 Å². The first-order valence-electron chi connectivity index (χ1n) is 6.00. The summed E-state index contributed by atoms with van der Waals surface area (Å²) in [6.45, 7) is -0.207. The number of anilines is 1. The van der Waals surface area contributed by atoms with Gasteiger partial charge in [0.05, 0.1) is 0 Å². The van der Waals surface area contributed by atoms with Gasteiger partial charge in [0.25, 0.3) is 5.91 Å². The smallest absolute Gasteiger partial charge is 0.303 e. The Morgan fingerprint density at radius 1 is 1.15 bits per heavy atom. The molecule has 1 aromatic carbocycles. The lowest BCUT2D eigenvalue weighted by Crippen LogP contribution is -2.20. The van der Waals surface area contributed by atoms with Crippen molar-refractivity contribution in [3.8, 4) is 5.75 Å². The lowest BCUT2D eigenvalue weighted by molar-refractivity contribution is -0.137. The van der Waals surface area contributed by atoms with E-state index in [1.165, 1.54) is 0 Å². The van der Waals surface area contributed by atoms with Crippen LogP contribution in [0.4, 0.5) is 5.69 Å². The Hall–Kier alpha value is -2.57. The molecule has 108 valence electrons. The second-order valence-corrected chi connectivity index (χ2v) is 4.07. The van der Waals surface area contributed by atoms with E-state index in [0.29, 0.717) is 17.9 Å². The number of hydrogen-bond acceptors (Lipinski definition) is 4. The standard InChI is InChI=1S/C13H16N2O5/c14-11(16)8-20-10-6-4-9(5-7-10)15-12(17)2-1-3-13(18)19/h4-7H,1-3,8H2,(H2,14,16)(H,15,17)(H,18,19). The number of nitrogens with two attached hydrogens (primary N) is 1. The number of rotatable bonds is 8. The minimum Gasteiger partial charge on any atom is -0.484 e. The molecule has 0 bridgehead atoms. The van der Waals surface area contributed by atoms with E-state index in [-0.39, 0.29) is 25.4 Å². The van der Waals surface area contributed by atoms with E-state index >= 15 is 0 Å². The maximum absolute atomic E-state index is 11.5. The Balaban J connectivity index is 2.38. The number of carbonyl (C=O) groups is 3. The van der Waals surface area contributed by atoms with Crippen LogP contribution in [-0.4, -0.2) is 29.5 Å². The Labute approximate surface area is 115 Å². The molecule has 4 N–H and O–H groups in total. The predicted molar refractivity (Wildman–Crippen MR) is 71.2 cm³/mol. The SMILES string of the molecule is NC(=O)COc1ccc(NC(=O)CCCC(=O)O)cc1. The second-order valence-electron chi connectivity index (χ2n) is 4.07. The Kier molecular flexibility index (Phi) is 6.02. The van der Waals surface area contributed by atoms with Crippen molar-refractivity contribution in [3.05, 3.63) is 24.3 Å². The van der Waals surface area contributed by atoms with Gasteiger partial charge in [-0.2, -0.15) is 0 Å². The second kappa shape index (κ2) is 7.78. The number of amides is 2. The molecule has 0 unspecified atom stereocenters. The number of carboxylic acid groups (broad SMARTS) is 1. The van der Waals surface area contributed by atoms with Crippen LogP contribution in [0.5, 0.6) is 5.75 Å². The molecule has 0 radical (unpaired) electrons. The zero-order valence-electron chi connectivity index (χ0n) is 10.8. The van der Waals surface area contributed by atoms with Gasteiger partial charge < -0.3 is 20.9 Å². The van der Waals surface area contributed by atoms with Crippen molar-refractivity contribution in [3.63, 3.8) is 0 Å². The molecule has 0 aromatic heterocycles. The van der Waals surface area contributed by atoms with Crippen LogP contribution in [0.2, 0.25) is 0 Å². The molecule has 1 aromatic rings. The van der Waals surface area contributed by atoms with Crippen LogP contribution in [0.3, 0.4) is 0 Å². The highest BCUT2D eigenvalue weighted by Gasteiger charge is 2.05. The van der Waals surface area contributed by atoms with Crippen LogP contribution < -0.4 is 15.8 Å². The van der Waals surface area contributed by atoms with Gasteiger partial charge in [-0.15, -0.1) is 0 Å². The quantitative estimate of drug-likeness (QED) is 0.649. The van der Waals surface area contributed by atoms with Crippen LogP contribution in [0.25, 0.3) is 0 Å². The van der Waals surface area contributed by atoms with Gasteiger partial charge in [-0.25, -0.2) is 0 Å². The number of ether oxygens (including phenoxy) is 1. The molecule has 0 atom stereocenters. The van der Waals surface area contributed by atoms with E-state index in [1.54, 1.807) is 24.3 Å². The molecule has 0 saturated carbocycles. The zero-order valence-corrected chi connectivity index (χ0v) is 10.8. The van der Waals surface area contributed by atoms with Gasteiger partial charge in [0.2, 0.25) is 5.91 Å². The molecule has 0 aliphatic heterocycles. The fraction of sp³-hybridized carbons (Fsp3) is 0.308. The number of carbonyl (C=O) groups excluding carboxylic acids is 2. The fourth-order valence-electron chi connectivity index (χ4n) is 1.41. The van der Waals surface area contributed by atoms with Crippen molar-refractivity contribution >= 4 is 23.5 Å². The van der Waals surface area contributed by atoms with Crippen molar-refractivity contribution in [1.29, 1.82) is 0 Å². The summed E-state index contributed by atoms with van der Waals surface area (Å²) in [6.07, 6.45) is 0.403. The first-order valence-corrected chi connectivity index (χ1v) is 6.00. The molecule has 0 saturated heterocycles. The van der Waals surface area contributed by atoms with Gasteiger partial charge in [0.1, 0.15) is 5.75 Å². The van der Waals surface area contributed by atoms with Crippen molar-refractivity contribution < 1.29 is 24.2 Å². The summed E-state index contributed by atoms with van der Waals surface area (Å²) in [7, 11) is 0. The zero-order chi connectivity index (χ0) is 15.0. The third-order valence-electron chi connectivity index (χ3n) is 2.31. The number of primary amides is 1. The van der Waals surface area contributed by atoms with E-state index in [2.05, 4.69) is 5.32 Å². The van der Waals surface area contributed by atoms with E-state index < -0.39 is 11.9 Å². The molecule has 0 fully saturated rings. The van der Waals surface area contributed by atoms with Gasteiger partial charge in [0.15, 0.2) is 6.61 Å². The minimum atomic E-state index is -0.922. The molecule has 0 heterocycles. The Morgan fingerprint density at radius 3 is 2.35 bits per heavy atom. The van der Waals surface area contributed by atoms with Crippen LogP contribution in [0, 0.1) is 0 Å². The molecular formula is C13H16N2O5. The Bertz CT molecular complexity index is 484. The van der Waals surface area contributed by atoms with Crippen LogP contribution in [0.1, 0.15) is 19.3 Å². The van der Waals surface area contributed by atoms with Gasteiger partial charge in [-0.05, 0) is 30.7 Å². The summed E-state index contributed by atoms with van der Waals surface area (Å²) >= 11 is 0. The summed E-state index contributed by atoms with van der Waals surface area (Å²) in [5.74, 6) is -1.28. The van der Waals surface area contributed by atoms with E-state index in [9.17, 15) is 14.4 Å². The fourth-order valence-corrected chi connectivity index (χ4v) is 1.41. The average Bonchev–Trinajstić information content (AvgIpc) is 2.37. The van der Waals surface area contributed by atoms with Crippen molar-refractivity contribution in [2.24, 2.45) is 5.73 Å². The minimum absolute atomic E-state index is 0.0344. The normalized spacial score (nSPS) is 9.80. The lowest BCUT2D eigenvalue weighted by Gasteiger charge is -2.07. The number of carboxylic acids is 1. The summed E-state index contributed by atoms with van der Waals surface area (Å²) in [5.41, 5.74) is 5.51. The first-order chi connectivity index (χ1) is 9.47. The maximum atomic E-state index is 11.5. The lowest BCUT2D eigenvalue weighted by atomic mass is 10.2. The Morgan fingerprint density at radius 2 is 1.80 bits per heavy atom. The third-order valence-corrected chi connectivity index (χ3v) is 2.31. The number of hydrogen-bond donors (Lipinski definition) is 3. The molecule has 0 aliphatic carbocycles. The highest BCUT2D eigenvalue weighted by Crippen LogP contribution is 2.16. The molecule has 7 heteroatoms. The molecule has 7 nitrogen and oxygen atoms in total. The number of benzene rings is 1. The molecule has 1 rings (SSSR count). The predicted octanol–water partition coefficient (Wildman–Crippen LogP) is 0.744. The highest BCUT2D eigenvalue weighted by atomic mass is 16.5. The average molecular weight is 280 g/mol. The van der Waals surface area contributed by atoms with Crippen molar-refractivity contribution in [2.75, 3.05) is 11.9 Å². The van der Waals surface area contributed by atoms with Crippen LogP contribution in [0.15, 0.2) is 24.3 Å². The maximum Gasteiger partial charge on any atom is 0.303 e. The molecule has 0 spiro atoms. The van der Waals surface area contributed by atoms with E-state index in [4.69, 9.17) is 15.6 Å². The van der Waals surface area contributed by atoms with Crippen LogP contribution >= 0.6 is 0 Å². The number of aliphatic carboxylic acids is 1. The molecular weight excluding hydrogens is 264 g/mol. The summed E-state index contributed by atoms with van der Waals surface area (Å²) in [6, 6.07) is 6.42. The van der Waals surface area contributed by atoms with Gasteiger partial charge >= 0.3 is 5.97 Å². The van der Waals surface area contributed by atoms with Gasteiger partial charge in [-0.1, -0.05) is 0 Å². The summed E-state index contributed by atoms with van der Waals surface area (Å²) in [5, 5.41) is 11.1. The molecule has 0 aliphatic rings. The van der Waals surface area contributed by atoms with Crippen molar-refractivity contribution in [2.45, 2.75) is 19.3 Å². The topological polar surface area (TPSA) is 119 Å². The third kappa shape index (κ3) is 6.39. The largest absolute Gasteiger partial charge is 0.484 e. The summed E-state index contributed by atoms with van der Waals surface area (Å²) in [4.78, 5) is 32.3. The van der Waals surface area contributed by atoms with Crippen LogP contribution in [-0.2, 0) is 14.4 Å². The van der Waals surface area contributed by atoms with E-state index in [0.717, 1.165) is 0 Å². The van der Waals surface area contributed by atoms with Crippen molar-refractivity contribution in [1.82, 2.24) is 0 Å². The molecule has 2 amide bonds. The molecule has 20 heavy (non-hydrogen) atoms.